The first kappa shape index (κ1) is 15.2. The average Bonchev–Trinajstić information content (AvgIpc) is 2.42. The van der Waals surface area contributed by atoms with Crippen LogP contribution in [0.1, 0.15) is 43.0 Å². The summed E-state index contributed by atoms with van der Waals surface area (Å²) in [7, 11) is 1.70. The molecular formula is C15H18ClF2NO. The monoisotopic (exact) mass is 301 g/mol. The molecule has 1 aliphatic carbocycles. The highest BCUT2D eigenvalue weighted by Crippen LogP contribution is 2.29. The standard InChI is InChI=1S/C15H18ClF2NO/c1-9-5-3-4-6-14(9)19(2)15(20)10-7-12(17)13(18)8-11(10)16/h7-9,14H,3-6H2,1-2H3. The van der Waals surface area contributed by atoms with Crippen LogP contribution in [0.5, 0.6) is 0 Å². The van der Waals surface area contributed by atoms with Crippen molar-refractivity contribution in [3.8, 4) is 0 Å². The number of carbonyl (C=O) groups is 1. The van der Waals surface area contributed by atoms with Crippen LogP contribution in [0.2, 0.25) is 5.02 Å². The molecule has 2 unspecified atom stereocenters. The molecular weight excluding hydrogens is 284 g/mol. The summed E-state index contributed by atoms with van der Waals surface area (Å²) in [6.45, 7) is 2.11. The van der Waals surface area contributed by atoms with Gasteiger partial charge in [0.05, 0.1) is 10.6 Å². The van der Waals surface area contributed by atoms with Crippen LogP contribution in [0.4, 0.5) is 8.78 Å². The van der Waals surface area contributed by atoms with Crippen molar-refractivity contribution in [3.05, 3.63) is 34.4 Å². The lowest BCUT2D eigenvalue weighted by Gasteiger charge is -2.36. The molecule has 0 saturated heterocycles. The second-order valence-electron chi connectivity index (χ2n) is 5.49. The third-order valence-corrected chi connectivity index (χ3v) is 4.44. The van der Waals surface area contributed by atoms with Crippen molar-refractivity contribution in [2.24, 2.45) is 5.92 Å². The molecule has 20 heavy (non-hydrogen) atoms. The van der Waals surface area contributed by atoms with Gasteiger partial charge in [0.1, 0.15) is 0 Å². The van der Waals surface area contributed by atoms with Gasteiger partial charge < -0.3 is 4.90 Å². The van der Waals surface area contributed by atoms with E-state index in [4.69, 9.17) is 11.6 Å². The highest BCUT2D eigenvalue weighted by molar-refractivity contribution is 6.33. The highest BCUT2D eigenvalue weighted by atomic mass is 35.5. The number of halogens is 3. The molecule has 0 bridgehead atoms. The summed E-state index contributed by atoms with van der Waals surface area (Å²) in [5, 5.41) is -0.0517. The maximum absolute atomic E-state index is 13.3. The summed E-state index contributed by atoms with van der Waals surface area (Å²) in [6.07, 6.45) is 4.27. The normalized spacial score (nSPS) is 22.6. The van der Waals surface area contributed by atoms with Crippen LogP contribution in [0.3, 0.4) is 0 Å². The van der Waals surface area contributed by atoms with Gasteiger partial charge in [-0.2, -0.15) is 0 Å². The maximum Gasteiger partial charge on any atom is 0.255 e. The van der Waals surface area contributed by atoms with Gasteiger partial charge in [-0.1, -0.05) is 31.4 Å². The molecule has 0 heterocycles. The average molecular weight is 302 g/mol. The predicted octanol–water partition coefficient (Wildman–Crippen LogP) is 4.27. The van der Waals surface area contributed by atoms with Crippen LogP contribution >= 0.6 is 11.6 Å². The molecule has 0 spiro atoms. The van der Waals surface area contributed by atoms with Crippen LogP contribution in [-0.4, -0.2) is 23.9 Å². The molecule has 0 aromatic heterocycles. The number of benzene rings is 1. The molecule has 1 aliphatic rings. The summed E-state index contributed by atoms with van der Waals surface area (Å²) in [6, 6.07) is 1.85. The molecule has 0 radical (unpaired) electrons. The number of rotatable bonds is 2. The molecule has 2 rings (SSSR count). The molecule has 2 nitrogen and oxygen atoms in total. The van der Waals surface area contributed by atoms with Crippen LogP contribution in [0, 0.1) is 17.6 Å². The van der Waals surface area contributed by atoms with E-state index in [0.717, 1.165) is 31.4 Å². The van der Waals surface area contributed by atoms with E-state index in [0.29, 0.717) is 5.92 Å². The zero-order valence-electron chi connectivity index (χ0n) is 11.6. The van der Waals surface area contributed by atoms with E-state index in [9.17, 15) is 13.6 Å². The van der Waals surface area contributed by atoms with Gasteiger partial charge in [0.2, 0.25) is 0 Å². The largest absolute Gasteiger partial charge is 0.338 e. The highest BCUT2D eigenvalue weighted by Gasteiger charge is 2.29. The maximum atomic E-state index is 13.3. The minimum atomic E-state index is -1.05. The lowest BCUT2D eigenvalue weighted by atomic mass is 9.85. The Hall–Kier alpha value is -1.16. The van der Waals surface area contributed by atoms with Gasteiger partial charge in [0.15, 0.2) is 11.6 Å². The molecule has 1 amide bonds. The number of hydrogen-bond donors (Lipinski definition) is 0. The first-order valence-corrected chi connectivity index (χ1v) is 7.21. The van der Waals surface area contributed by atoms with E-state index >= 15 is 0 Å². The van der Waals surface area contributed by atoms with Gasteiger partial charge in [-0.3, -0.25) is 4.79 Å². The van der Waals surface area contributed by atoms with Crippen LogP contribution < -0.4 is 0 Å². The van der Waals surface area contributed by atoms with Crippen molar-refractivity contribution >= 4 is 17.5 Å². The predicted molar refractivity (Wildman–Crippen MR) is 74.9 cm³/mol. The van der Waals surface area contributed by atoms with E-state index in [1.54, 1.807) is 11.9 Å². The number of carbonyl (C=O) groups excluding carboxylic acids is 1. The lowest BCUT2D eigenvalue weighted by molar-refractivity contribution is 0.0628. The SMILES string of the molecule is CC1CCCCC1N(C)C(=O)c1cc(F)c(F)cc1Cl. The van der Waals surface area contributed by atoms with E-state index < -0.39 is 11.6 Å². The summed E-state index contributed by atoms with van der Waals surface area (Å²) in [5.74, 6) is -2.04. The molecule has 1 fully saturated rings. The zero-order valence-corrected chi connectivity index (χ0v) is 12.4. The summed E-state index contributed by atoms with van der Waals surface area (Å²) in [4.78, 5) is 14.0. The van der Waals surface area contributed by atoms with Crippen molar-refractivity contribution in [2.75, 3.05) is 7.05 Å². The Morgan fingerprint density at radius 1 is 1.25 bits per heavy atom. The van der Waals surface area contributed by atoms with Crippen LogP contribution in [-0.2, 0) is 0 Å². The van der Waals surface area contributed by atoms with Gasteiger partial charge >= 0.3 is 0 Å². The van der Waals surface area contributed by atoms with Crippen molar-refractivity contribution in [3.63, 3.8) is 0 Å². The number of hydrogen-bond acceptors (Lipinski definition) is 1. The zero-order chi connectivity index (χ0) is 14.9. The van der Waals surface area contributed by atoms with Gasteiger partial charge in [0.25, 0.3) is 5.91 Å². The summed E-state index contributed by atoms with van der Waals surface area (Å²) >= 11 is 5.86. The van der Waals surface area contributed by atoms with Crippen molar-refractivity contribution in [1.29, 1.82) is 0 Å². The molecule has 2 atom stereocenters. The van der Waals surface area contributed by atoms with Gasteiger partial charge in [-0.15, -0.1) is 0 Å². The quantitative estimate of drug-likeness (QED) is 0.747. The third kappa shape index (κ3) is 2.95. The van der Waals surface area contributed by atoms with Gasteiger partial charge in [-0.25, -0.2) is 8.78 Å². The topological polar surface area (TPSA) is 20.3 Å². The lowest BCUT2D eigenvalue weighted by Crippen LogP contribution is -2.42. The first-order valence-electron chi connectivity index (χ1n) is 6.83. The van der Waals surface area contributed by atoms with Crippen LogP contribution in [0.25, 0.3) is 0 Å². The second kappa shape index (κ2) is 6.08. The second-order valence-corrected chi connectivity index (χ2v) is 5.90. The fourth-order valence-electron chi connectivity index (χ4n) is 2.90. The van der Waals surface area contributed by atoms with E-state index in [2.05, 4.69) is 6.92 Å². The Morgan fingerprint density at radius 2 is 1.85 bits per heavy atom. The Labute approximate surface area is 122 Å². The Balaban J connectivity index is 2.24. The first-order chi connectivity index (χ1) is 9.41. The Morgan fingerprint density at radius 3 is 2.50 bits per heavy atom. The molecule has 0 N–H and O–H groups in total. The van der Waals surface area contributed by atoms with Crippen molar-refractivity contribution in [1.82, 2.24) is 4.90 Å². The number of amides is 1. The Bertz CT molecular complexity index is 521. The van der Waals surface area contributed by atoms with Gasteiger partial charge in [0, 0.05) is 13.1 Å². The molecule has 1 aromatic carbocycles. The fourth-order valence-corrected chi connectivity index (χ4v) is 3.13. The van der Waals surface area contributed by atoms with E-state index in [1.807, 2.05) is 0 Å². The van der Waals surface area contributed by atoms with E-state index in [1.165, 1.54) is 6.42 Å². The van der Waals surface area contributed by atoms with Crippen molar-refractivity contribution < 1.29 is 13.6 Å². The fraction of sp³-hybridized carbons (Fsp3) is 0.533. The molecule has 1 saturated carbocycles. The third-order valence-electron chi connectivity index (χ3n) is 4.12. The molecule has 1 aromatic rings. The van der Waals surface area contributed by atoms with E-state index in [-0.39, 0.29) is 22.5 Å². The number of nitrogens with zero attached hydrogens (tertiary/aromatic N) is 1. The smallest absolute Gasteiger partial charge is 0.255 e. The van der Waals surface area contributed by atoms with Gasteiger partial charge in [-0.05, 0) is 30.9 Å². The summed E-state index contributed by atoms with van der Waals surface area (Å²) in [5.41, 5.74) is 0.0193. The molecule has 0 aliphatic heterocycles. The summed E-state index contributed by atoms with van der Waals surface area (Å²) < 4.78 is 26.4. The van der Waals surface area contributed by atoms with Crippen LogP contribution in [0.15, 0.2) is 12.1 Å². The molecule has 110 valence electrons. The Kier molecular flexibility index (Phi) is 4.63. The minimum Gasteiger partial charge on any atom is -0.338 e. The van der Waals surface area contributed by atoms with Crippen molar-refractivity contribution in [2.45, 2.75) is 38.6 Å². The molecule has 5 heteroatoms. The minimum absolute atomic E-state index is 0.0193.